The van der Waals surface area contributed by atoms with Gasteiger partial charge in [0.05, 0.1) is 22.9 Å². The number of methoxy groups -OCH3 is 1. The Balaban J connectivity index is 1.87. The third kappa shape index (κ3) is 2.61. The fourth-order valence-corrected chi connectivity index (χ4v) is 2.65. The molecule has 3 rings (SSSR count). The summed E-state index contributed by atoms with van der Waals surface area (Å²) in [5.74, 6) is -0.408. The Morgan fingerprint density at radius 1 is 1.38 bits per heavy atom. The second kappa shape index (κ2) is 5.33. The second-order valence-electron chi connectivity index (χ2n) is 4.09. The molecule has 1 amide bonds. The van der Waals surface area contributed by atoms with Crippen molar-refractivity contribution >= 4 is 38.7 Å². The molecule has 0 aliphatic rings. The van der Waals surface area contributed by atoms with Crippen molar-refractivity contribution in [3.05, 3.63) is 42.5 Å². The lowest BCUT2D eigenvalue weighted by Crippen LogP contribution is -2.17. The average Bonchev–Trinajstić information content (AvgIpc) is 3.14. The van der Waals surface area contributed by atoms with Crippen molar-refractivity contribution < 1.29 is 14.3 Å². The normalized spacial score (nSPS) is 10.5. The lowest BCUT2D eigenvalue weighted by Gasteiger charge is -1.99. The third-order valence-corrected chi connectivity index (χ3v) is 3.70. The standard InChI is InChI=1S/C13H10N4O3S/c1-20-11(18)8-2-3-9-10(6-8)21-12(15-9)16-13(19)17-5-4-14-7-17/h2-7H,1H3,(H,15,16,19). The lowest BCUT2D eigenvalue weighted by molar-refractivity contribution is 0.0601. The maximum absolute atomic E-state index is 11.9. The fourth-order valence-electron chi connectivity index (χ4n) is 1.76. The van der Waals surface area contributed by atoms with Crippen LogP contribution >= 0.6 is 11.3 Å². The minimum atomic E-state index is -0.408. The smallest absolute Gasteiger partial charge is 0.337 e. The molecule has 0 saturated heterocycles. The summed E-state index contributed by atoms with van der Waals surface area (Å²) in [4.78, 5) is 31.4. The van der Waals surface area contributed by atoms with E-state index >= 15 is 0 Å². The van der Waals surface area contributed by atoms with Gasteiger partial charge in [0.15, 0.2) is 5.13 Å². The van der Waals surface area contributed by atoms with Crippen LogP contribution in [0.3, 0.4) is 0 Å². The molecular formula is C13H10N4O3S. The summed E-state index contributed by atoms with van der Waals surface area (Å²) in [6.45, 7) is 0. The quantitative estimate of drug-likeness (QED) is 0.734. The number of carbonyl (C=O) groups excluding carboxylic acids is 2. The number of amides is 1. The number of fused-ring (bicyclic) bond motifs is 1. The summed E-state index contributed by atoms with van der Waals surface area (Å²) >= 11 is 1.28. The summed E-state index contributed by atoms with van der Waals surface area (Å²) in [7, 11) is 1.33. The van der Waals surface area contributed by atoms with E-state index in [0.717, 1.165) is 4.70 Å². The first-order chi connectivity index (χ1) is 10.2. The minimum Gasteiger partial charge on any atom is -0.465 e. The van der Waals surface area contributed by atoms with E-state index in [2.05, 4.69) is 20.0 Å². The predicted molar refractivity (Wildman–Crippen MR) is 77.6 cm³/mol. The number of aromatic nitrogens is 3. The Morgan fingerprint density at radius 3 is 2.95 bits per heavy atom. The number of hydrogen-bond acceptors (Lipinski definition) is 6. The third-order valence-electron chi connectivity index (χ3n) is 2.76. The summed E-state index contributed by atoms with van der Waals surface area (Å²) in [5.41, 5.74) is 1.15. The molecule has 0 saturated carbocycles. The van der Waals surface area contributed by atoms with Crippen LogP contribution in [0.5, 0.6) is 0 Å². The van der Waals surface area contributed by atoms with Crippen LogP contribution in [0.2, 0.25) is 0 Å². The van der Waals surface area contributed by atoms with Crippen molar-refractivity contribution in [3.63, 3.8) is 0 Å². The van der Waals surface area contributed by atoms with Gasteiger partial charge in [-0.2, -0.15) is 0 Å². The van der Waals surface area contributed by atoms with Crippen LogP contribution in [0.1, 0.15) is 10.4 Å². The molecule has 8 heteroatoms. The summed E-state index contributed by atoms with van der Waals surface area (Å²) in [5, 5.41) is 3.12. The van der Waals surface area contributed by atoms with Crippen molar-refractivity contribution in [1.82, 2.24) is 14.5 Å². The van der Waals surface area contributed by atoms with Gasteiger partial charge in [-0.25, -0.2) is 19.6 Å². The first-order valence-corrected chi connectivity index (χ1v) is 6.77. The SMILES string of the molecule is COC(=O)c1ccc2nc(NC(=O)n3ccnc3)sc2c1. The van der Waals surface area contributed by atoms with Crippen LogP contribution in [0.15, 0.2) is 36.9 Å². The van der Waals surface area contributed by atoms with Crippen LogP contribution in [0.4, 0.5) is 9.93 Å². The number of nitrogens with zero attached hydrogens (tertiary/aromatic N) is 3. The monoisotopic (exact) mass is 302 g/mol. The molecule has 106 valence electrons. The van der Waals surface area contributed by atoms with E-state index in [-0.39, 0.29) is 6.03 Å². The van der Waals surface area contributed by atoms with E-state index in [1.54, 1.807) is 18.2 Å². The first-order valence-electron chi connectivity index (χ1n) is 5.95. The molecule has 0 aliphatic heterocycles. The highest BCUT2D eigenvalue weighted by molar-refractivity contribution is 7.22. The van der Waals surface area contributed by atoms with E-state index < -0.39 is 5.97 Å². The minimum absolute atomic E-state index is 0.347. The molecule has 0 atom stereocenters. The Hall–Kier alpha value is -2.74. The molecule has 0 unspecified atom stereocenters. The molecule has 1 aromatic carbocycles. The molecule has 0 radical (unpaired) electrons. The van der Waals surface area contributed by atoms with Crippen LogP contribution in [-0.2, 0) is 4.74 Å². The zero-order valence-corrected chi connectivity index (χ0v) is 11.8. The largest absolute Gasteiger partial charge is 0.465 e. The molecule has 0 aliphatic carbocycles. The van der Waals surface area contributed by atoms with Gasteiger partial charge >= 0.3 is 12.0 Å². The number of benzene rings is 1. The van der Waals surface area contributed by atoms with E-state index in [1.165, 1.54) is 41.7 Å². The maximum atomic E-state index is 11.9. The zero-order chi connectivity index (χ0) is 14.8. The maximum Gasteiger partial charge on any atom is 0.337 e. The highest BCUT2D eigenvalue weighted by Crippen LogP contribution is 2.27. The summed E-state index contributed by atoms with van der Waals surface area (Å²) in [6, 6.07) is 4.69. The van der Waals surface area contributed by atoms with Crippen molar-refractivity contribution in [2.24, 2.45) is 0 Å². The zero-order valence-electron chi connectivity index (χ0n) is 10.9. The Morgan fingerprint density at radius 2 is 2.24 bits per heavy atom. The van der Waals surface area contributed by atoms with Crippen molar-refractivity contribution in [2.75, 3.05) is 12.4 Å². The molecule has 0 fully saturated rings. The molecule has 7 nitrogen and oxygen atoms in total. The van der Waals surface area contributed by atoms with Crippen LogP contribution in [-0.4, -0.2) is 33.6 Å². The lowest BCUT2D eigenvalue weighted by atomic mass is 10.2. The number of hydrogen-bond donors (Lipinski definition) is 1. The van der Waals surface area contributed by atoms with Crippen LogP contribution in [0.25, 0.3) is 10.2 Å². The predicted octanol–water partition coefficient (Wildman–Crippen LogP) is 2.36. The molecule has 2 heterocycles. The first kappa shape index (κ1) is 13.3. The van der Waals surface area contributed by atoms with Gasteiger partial charge in [-0.15, -0.1) is 0 Å². The molecule has 3 aromatic rings. The fraction of sp³-hybridized carbons (Fsp3) is 0.0769. The van der Waals surface area contributed by atoms with Gasteiger partial charge in [-0.3, -0.25) is 9.88 Å². The number of esters is 1. The van der Waals surface area contributed by atoms with Gasteiger partial charge in [0.2, 0.25) is 0 Å². The molecule has 1 N–H and O–H groups in total. The van der Waals surface area contributed by atoms with E-state index in [9.17, 15) is 9.59 Å². The van der Waals surface area contributed by atoms with Crippen molar-refractivity contribution in [2.45, 2.75) is 0 Å². The van der Waals surface area contributed by atoms with Gasteiger partial charge in [-0.05, 0) is 18.2 Å². The van der Waals surface area contributed by atoms with Crippen molar-refractivity contribution in [1.29, 1.82) is 0 Å². The molecule has 21 heavy (non-hydrogen) atoms. The molecule has 2 aromatic heterocycles. The molecule has 0 bridgehead atoms. The number of ether oxygens (including phenoxy) is 1. The van der Waals surface area contributed by atoms with Gasteiger partial charge in [0, 0.05) is 12.4 Å². The number of nitrogens with one attached hydrogen (secondary N) is 1. The summed E-state index contributed by atoms with van der Waals surface area (Å²) < 4.78 is 6.77. The number of imidazole rings is 1. The molecular weight excluding hydrogens is 292 g/mol. The average molecular weight is 302 g/mol. The summed E-state index contributed by atoms with van der Waals surface area (Å²) in [6.07, 6.45) is 4.45. The number of anilines is 1. The van der Waals surface area contributed by atoms with Gasteiger partial charge in [-0.1, -0.05) is 11.3 Å². The highest BCUT2D eigenvalue weighted by atomic mass is 32.1. The van der Waals surface area contributed by atoms with Crippen LogP contribution in [0, 0.1) is 0 Å². The number of carbonyl (C=O) groups is 2. The van der Waals surface area contributed by atoms with Crippen molar-refractivity contribution in [3.8, 4) is 0 Å². The van der Waals surface area contributed by atoms with Gasteiger partial charge in [0.25, 0.3) is 0 Å². The highest BCUT2D eigenvalue weighted by Gasteiger charge is 2.11. The van der Waals surface area contributed by atoms with Gasteiger partial charge < -0.3 is 4.74 Å². The topological polar surface area (TPSA) is 86.1 Å². The Labute approximate surface area is 123 Å². The second-order valence-corrected chi connectivity index (χ2v) is 5.12. The number of rotatable bonds is 2. The molecule has 0 spiro atoms. The van der Waals surface area contributed by atoms with E-state index in [0.29, 0.717) is 16.2 Å². The van der Waals surface area contributed by atoms with E-state index in [4.69, 9.17) is 0 Å². The Kier molecular flexibility index (Phi) is 3.36. The number of thiazole rings is 1. The van der Waals surface area contributed by atoms with E-state index in [1.807, 2.05) is 0 Å². The van der Waals surface area contributed by atoms with Crippen LogP contribution < -0.4 is 5.32 Å². The Bertz CT molecular complexity index is 810. The van der Waals surface area contributed by atoms with Gasteiger partial charge in [0.1, 0.15) is 6.33 Å².